The Bertz CT molecular complexity index is 502. The van der Waals surface area contributed by atoms with Crippen molar-refractivity contribution in [2.24, 2.45) is 11.8 Å². The van der Waals surface area contributed by atoms with Gasteiger partial charge in [-0.2, -0.15) is 0 Å². The molecule has 1 N–H and O–H groups in total. The van der Waals surface area contributed by atoms with Gasteiger partial charge in [-0.1, -0.05) is 25.1 Å². The maximum absolute atomic E-state index is 3.50. The summed E-state index contributed by atoms with van der Waals surface area (Å²) in [6, 6.07) is 9.27. The fourth-order valence-corrected chi connectivity index (χ4v) is 3.65. The molecule has 0 unspecified atom stereocenters. The van der Waals surface area contributed by atoms with Gasteiger partial charge in [-0.3, -0.25) is 0 Å². The van der Waals surface area contributed by atoms with Crippen molar-refractivity contribution in [1.29, 1.82) is 0 Å². The van der Waals surface area contributed by atoms with Crippen LogP contribution in [0.1, 0.15) is 24.9 Å². The molecule has 1 aliphatic carbocycles. The van der Waals surface area contributed by atoms with E-state index in [1.54, 1.807) is 0 Å². The Morgan fingerprint density at radius 3 is 2.81 bits per heavy atom. The van der Waals surface area contributed by atoms with Crippen LogP contribution in [-0.4, -0.2) is 7.05 Å². The van der Waals surface area contributed by atoms with Gasteiger partial charge in [-0.25, -0.2) is 0 Å². The van der Waals surface area contributed by atoms with Gasteiger partial charge in [0.2, 0.25) is 0 Å². The van der Waals surface area contributed by atoms with Crippen molar-refractivity contribution in [3.63, 3.8) is 0 Å². The van der Waals surface area contributed by atoms with Crippen molar-refractivity contribution >= 4 is 21.4 Å². The molecule has 3 rings (SSSR count). The number of rotatable bonds is 3. The Kier molecular flexibility index (Phi) is 2.49. The van der Waals surface area contributed by atoms with Crippen LogP contribution < -0.4 is 5.32 Å². The quantitative estimate of drug-likeness (QED) is 0.847. The SMILES string of the molecule is CN[C@@H](c1csc2ccccc12)[C@H]1C[C@@H]1C. The lowest BCUT2D eigenvalue weighted by atomic mass is 10.0. The average molecular weight is 231 g/mol. The fraction of sp³-hybridized carbons (Fsp3) is 0.429. The highest BCUT2D eigenvalue weighted by Gasteiger charge is 2.40. The monoisotopic (exact) mass is 231 g/mol. The first-order chi connectivity index (χ1) is 7.81. The number of hydrogen-bond acceptors (Lipinski definition) is 2. The molecule has 3 atom stereocenters. The number of benzene rings is 1. The number of thiophene rings is 1. The van der Waals surface area contributed by atoms with Crippen LogP contribution in [0.2, 0.25) is 0 Å². The summed E-state index contributed by atoms with van der Waals surface area (Å²) in [5.41, 5.74) is 1.50. The average Bonchev–Trinajstić information content (AvgIpc) is 2.88. The minimum absolute atomic E-state index is 0.547. The van der Waals surface area contributed by atoms with E-state index in [2.05, 4.69) is 48.9 Å². The molecule has 2 heteroatoms. The molecule has 0 bridgehead atoms. The molecule has 1 aliphatic rings. The maximum Gasteiger partial charge on any atom is 0.0363 e. The molecule has 0 amide bonds. The molecule has 16 heavy (non-hydrogen) atoms. The molecule has 0 saturated heterocycles. The van der Waals surface area contributed by atoms with E-state index < -0.39 is 0 Å². The lowest BCUT2D eigenvalue weighted by Gasteiger charge is -2.15. The predicted molar refractivity (Wildman–Crippen MR) is 70.9 cm³/mol. The Morgan fingerprint density at radius 2 is 2.12 bits per heavy atom. The molecule has 0 aliphatic heterocycles. The van der Waals surface area contributed by atoms with Gasteiger partial charge in [-0.15, -0.1) is 11.3 Å². The number of hydrogen-bond donors (Lipinski definition) is 1. The number of nitrogens with one attached hydrogen (secondary N) is 1. The van der Waals surface area contributed by atoms with E-state index in [-0.39, 0.29) is 0 Å². The second kappa shape index (κ2) is 3.86. The summed E-state index contributed by atoms with van der Waals surface area (Å²) >= 11 is 1.86. The van der Waals surface area contributed by atoms with Crippen molar-refractivity contribution in [2.75, 3.05) is 7.05 Å². The Morgan fingerprint density at radius 1 is 1.38 bits per heavy atom. The summed E-state index contributed by atoms with van der Waals surface area (Å²) < 4.78 is 1.41. The molecule has 1 saturated carbocycles. The van der Waals surface area contributed by atoms with E-state index in [4.69, 9.17) is 0 Å². The third-order valence-electron chi connectivity index (χ3n) is 3.76. The summed E-state index contributed by atoms with van der Waals surface area (Å²) in [7, 11) is 2.09. The Hall–Kier alpha value is -0.860. The van der Waals surface area contributed by atoms with Crippen LogP contribution in [-0.2, 0) is 0 Å². The molecule has 2 aromatic rings. The summed E-state index contributed by atoms with van der Waals surface area (Å²) in [5.74, 6) is 1.72. The third-order valence-corrected chi connectivity index (χ3v) is 4.74. The van der Waals surface area contributed by atoms with Gasteiger partial charge in [-0.05, 0) is 47.7 Å². The fourth-order valence-electron chi connectivity index (χ4n) is 2.65. The molecule has 1 aromatic heterocycles. The summed E-state index contributed by atoms with van der Waals surface area (Å²) in [5, 5.41) is 7.26. The molecule has 1 aromatic carbocycles. The maximum atomic E-state index is 3.50. The Balaban J connectivity index is 2.03. The lowest BCUT2D eigenvalue weighted by molar-refractivity contribution is 0.508. The summed E-state index contributed by atoms with van der Waals surface area (Å²) in [6.45, 7) is 2.35. The summed E-state index contributed by atoms with van der Waals surface area (Å²) in [6.07, 6.45) is 1.37. The first kappa shape index (κ1) is 10.3. The van der Waals surface area contributed by atoms with Gasteiger partial charge in [0, 0.05) is 10.7 Å². The molecule has 84 valence electrons. The zero-order chi connectivity index (χ0) is 11.1. The minimum Gasteiger partial charge on any atom is -0.313 e. The van der Waals surface area contributed by atoms with Gasteiger partial charge >= 0.3 is 0 Å². The van der Waals surface area contributed by atoms with Gasteiger partial charge in [0.05, 0.1) is 0 Å². The first-order valence-electron chi connectivity index (χ1n) is 5.94. The van der Waals surface area contributed by atoms with Gasteiger partial charge in [0.25, 0.3) is 0 Å². The number of fused-ring (bicyclic) bond motifs is 1. The van der Waals surface area contributed by atoms with Crippen LogP contribution >= 0.6 is 11.3 Å². The van der Waals surface area contributed by atoms with Crippen LogP contribution in [0.4, 0.5) is 0 Å². The van der Waals surface area contributed by atoms with Crippen molar-refractivity contribution in [3.05, 3.63) is 35.2 Å². The molecule has 1 heterocycles. The molecule has 1 fully saturated rings. The third kappa shape index (κ3) is 1.57. The van der Waals surface area contributed by atoms with Gasteiger partial charge < -0.3 is 5.32 Å². The molecule has 1 nitrogen and oxygen atoms in total. The van der Waals surface area contributed by atoms with Crippen LogP contribution in [0.3, 0.4) is 0 Å². The highest BCUT2D eigenvalue weighted by Crippen LogP contribution is 2.48. The van der Waals surface area contributed by atoms with E-state index >= 15 is 0 Å². The second-order valence-electron chi connectivity index (χ2n) is 4.83. The van der Waals surface area contributed by atoms with Gasteiger partial charge in [0.1, 0.15) is 0 Å². The van der Waals surface area contributed by atoms with Crippen molar-refractivity contribution < 1.29 is 0 Å². The lowest BCUT2D eigenvalue weighted by Crippen LogP contribution is -2.18. The van der Waals surface area contributed by atoms with Crippen LogP contribution in [0, 0.1) is 11.8 Å². The van der Waals surface area contributed by atoms with Crippen LogP contribution in [0.25, 0.3) is 10.1 Å². The highest BCUT2D eigenvalue weighted by atomic mass is 32.1. The topological polar surface area (TPSA) is 12.0 Å². The molecular weight excluding hydrogens is 214 g/mol. The zero-order valence-electron chi connectivity index (χ0n) is 9.73. The zero-order valence-corrected chi connectivity index (χ0v) is 10.6. The van der Waals surface area contributed by atoms with Crippen molar-refractivity contribution in [2.45, 2.75) is 19.4 Å². The van der Waals surface area contributed by atoms with E-state index in [0.717, 1.165) is 11.8 Å². The first-order valence-corrected chi connectivity index (χ1v) is 6.82. The van der Waals surface area contributed by atoms with Crippen molar-refractivity contribution in [3.8, 4) is 0 Å². The molecule has 0 spiro atoms. The second-order valence-corrected chi connectivity index (χ2v) is 5.74. The normalized spacial score (nSPS) is 25.9. The van der Waals surface area contributed by atoms with E-state index in [1.807, 2.05) is 11.3 Å². The predicted octanol–water partition coefficient (Wildman–Crippen LogP) is 3.82. The van der Waals surface area contributed by atoms with Gasteiger partial charge in [0.15, 0.2) is 0 Å². The molecular formula is C14H17NS. The van der Waals surface area contributed by atoms with Crippen LogP contribution in [0.15, 0.2) is 29.6 Å². The molecule has 0 radical (unpaired) electrons. The summed E-state index contributed by atoms with van der Waals surface area (Å²) in [4.78, 5) is 0. The van der Waals surface area contributed by atoms with Crippen LogP contribution in [0.5, 0.6) is 0 Å². The Labute approximate surface area is 100 Å². The largest absolute Gasteiger partial charge is 0.313 e. The standard InChI is InChI=1S/C14H17NS/c1-9-7-11(9)14(15-2)12-8-16-13-6-4-3-5-10(12)13/h3-6,8-9,11,14-15H,7H2,1-2H3/t9-,11-,14+/m0/s1. The highest BCUT2D eigenvalue weighted by molar-refractivity contribution is 7.17. The van der Waals surface area contributed by atoms with E-state index in [1.165, 1.54) is 22.1 Å². The van der Waals surface area contributed by atoms with Crippen molar-refractivity contribution in [1.82, 2.24) is 5.32 Å². The van der Waals surface area contributed by atoms with E-state index in [0.29, 0.717) is 6.04 Å². The van der Waals surface area contributed by atoms with E-state index in [9.17, 15) is 0 Å². The minimum atomic E-state index is 0.547. The smallest absolute Gasteiger partial charge is 0.0363 e.